The van der Waals surface area contributed by atoms with E-state index in [4.69, 9.17) is 9.26 Å². The van der Waals surface area contributed by atoms with Crippen LogP contribution in [0.15, 0.2) is 10.6 Å². The van der Waals surface area contributed by atoms with Gasteiger partial charge in [0.05, 0.1) is 6.10 Å². The number of hydrogen-bond donors (Lipinski definition) is 2. The third kappa shape index (κ3) is 3.78. The summed E-state index contributed by atoms with van der Waals surface area (Å²) in [6.45, 7) is 0.772. The summed E-state index contributed by atoms with van der Waals surface area (Å²) in [4.78, 5) is 11.9. The number of carbonyl (C=O) groups is 1. The van der Waals surface area contributed by atoms with Gasteiger partial charge in [-0.05, 0) is 12.8 Å². The summed E-state index contributed by atoms with van der Waals surface area (Å²) in [6.07, 6.45) is 3.64. The van der Waals surface area contributed by atoms with Crippen molar-refractivity contribution in [2.75, 3.05) is 13.7 Å². The van der Waals surface area contributed by atoms with E-state index in [1.54, 1.807) is 13.2 Å². The van der Waals surface area contributed by atoms with Gasteiger partial charge in [0, 0.05) is 25.6 Å². The Hall–Kier alpha value is -1.40. The molecule has 0 bridgehead atoms. The molecular formula is C13H20N2O4. The van der Waals surface area contributed by atoms with Crippen LogP contribution in [0.1, 0.15) is 41.9 Å². The van der Waals surface area contributed by atoms with E-state index >= 15 is 0 Å². The minimum Gasteiger partial charge on any atom is -0.393 e. The van der Waals surface area contributed by atoms with Crippen molar-refractivity contribution in [1.82, 2.24) is 10.5 Å². The van der Waals surface area contributed by atoms with E-state index in [9.17, 15) is 9.90 Å². The van der Waals surface area contributed by atoms with Crippen LogP contribution in [0.4, 0.5) is 0 Å². The first-order chi connectivity index (χ1) is 9.20. The first-order valence-corrected chi connectivity index (χ1v) is 6.61. The van der Waals surface area contributed by atoms with Crippen LogP contribution in [0, 0.1) is 5.92 Å². The number of ether oxygens (including phenoxy) is 1. The molecule has 19 heavy (non-hydrogen) atoms. The topological polar surface area (TPSA) is 84.6 Å². The monoisotopic (exact) mass is 268 g/mol. The molecule has 2 rings (SSSR count). The van der Waals surface area contributed by atoms with Crippen molar-refractivity contribution in [3.63, 3.8) is 0 Å². The lowest BCUT2D eigenvalue weighted by molar-refractivity contribution is 0.0660. The molecule has 0 spiro atoms. The summed E-state index contributed by atoms with van der Waals surface area (Å²) in [5.41, 5.74) is 0.248. The molecule has 2 N–H and O–H groups in total. The second kappa shape index (κ2) is 6.68. The molecule has 106 valence electrons. The molecule has 1 aromatic rings. The Morgan fingerprint density at radius 3 is 3.11 bits per heavy atom. The van der Waals surface area contributed by atoms with E-state index in [-0.39, 0.29) is 23.6 Å². The molecule has 0 saturated heterocycles. The molecule has 1 aliphatic rings. The quantitative estimate of drug-likeness (QED) is 0.835. The fourth-order valence-electron chi connectivity index (χ4n) is 2.37. The molecule has 6 heteroatoms. The SMILES string of the molecule is COCc1cc(C(=O)NCC2CCCCC2O)no1. The zero-order valence-electron chi connectivity index (χ0n) is 11.1. The fraction of sp³-hybridized carbons (Fsp3) is 0.692. The molecule has 6 nitrogen and oxygen atoms in total. The Bertz CT molecular complexity index is 419. The van der Waals surface area contributed by atoms with Crippen molar-refractivity contribution in [2.24, 2.45) is 5.92 Å². The molecule has 0 aromatic carbocycles. The van der Waals surface area contributed by atoms with Crippen LogP contribution in [0.25, 0.3) is 0 Å². The standard InChI is InChI=1S/C13H20N2O4/c1-18-8-10-6-11(15-19-10)13(17)14-7-9-4-2-3-5-12(9)16/h6,9,12,16H,2-5,7-8H2,1H3,(H,14,17). The van der Waals surface area contributed by atoms with E-state index in [0.717, 1.165) is 25.7 Å². The number of hydrogen-bond acceptors (Lipinski definition) is 5. The van der Waals surface area contributed by atoms with Crippen molar-refractivity contribution in [3.05, 3.63) is 17.5 Å². The number of amides is 1. The van der Waals surface area contributed by atoms with Gasteiger partial charge in [0.15, 0.2) is 11.5 Å². The van der Waals surface area contributed by atoms with Gasteiger partial charge >= 0.3 is 0 Å². The maximum absolute atomic E-state index is 11.9. The minimum absolute atomic E-state index is 0.142. The predicted octanol–water partition coefficient (Wildman–Crippen LogP) is 1.10. The second-order valence-electron chi connectivity index (χ2n) is 4.93. The van der Waals surface area contributed by atoms with Crippen LogP contribution in [-0.2, 0) is 11.3 Å². The van der Waals surface area contributed by atoms with Gasteiger partial charge in [-0.15, -0.1) is 0 Å². The van der Waals surface area contributed by atoms with Gasteiger partial charge in [-0.1, -0.05) is 18.0 Å². The zero-order valence-corrected chi connectivity index (χ0v) is 11.1. The van der Waals surface area contributed by atoms with E-state index in [1.807, 2.05) is 0 Å². The van der Waals surface area contributed by atoms with Gasteiger partial charge in [-0.3, -0.25) is 4.79 Å². The number of rotatable bonds is 5. The number of carbonyl (C=O) groups excluding carboxylic acids is 1. The highest BCUT2D eigenvalue weighted by molar-refractivity contribution is 5.92. The number of nitrogens with zero attached hydrogens (tertiary/aromatic N) is 1. The second-order valence-corrected chi connectivity index (χ2v) is 4.93. The Balaban J connectivity index is 1.82. The Labute approximate surface area is 112 Å². The van der Waals surface area contributed by atoms with E-state index in [1.165, 1.54) is 0 Å². The summed E-state index contributed by atoms with van der Waals surface area (Å²) in [7, 11) is 1.55. The number of aromatic nitrogens is 1. The lowest BCUT2D eigenvalue weighted by atomic mass is 9.86. The smallest absolute Gasteiger partial charge is 0.273 e. The summed E-state index contributed by atoms with van der Waals surface area (Å²) in [6, 6.07) is 1.57. The Morgan fingerprint density at radius 1 is 1.58 bits per heavy atom. The Morgan fingerprint density at radius 2 is 2.37 bits per heavy atom. The summed E-state index contributed by atoms with van der Waals surface area (Å²) < 4.78 is 9.85. The average Bonchev–Trinajstić information content (AvgIpc) is 2.87. The summed E-state index contributed by atoms with van der Waals surface area (Å²) >= 11 is 0. The van der Waals surface area contributed by atoms with Crippen LogP contribution >= 0.6 is 0 Å². The molecule has 1 aliphatic carbocycles. The predicted molar refractivity (Wildman–Crippen MR) is 67.5 cm³/mol. The van der Waals surface area contributed by atoms with Crippen LogP contribution in [-0.4, -0.2) is 35.9 Å². The summed E-state index contributed by atoms with van der Waals surface area (Å²) in [5, 5.41) is 16.3. The van der Waals surface area contributed by atoms with Crippen molar-refractivity contribution in [2.45, 2.75) is 38.4 Å². The van der Waals surface area contributed by atoms with Gasteiger partial charge in [0.2, 0.25) is 0 Å². The third-order valence-corrected chi connectivity index (χ3v) is 3.47. The molecule has 0 radical (unpaired) electrons. The molecule has 0 aliphatic heterocycles. The molecule has 1 saturated carbocycles. The van der Waals surface area contributed by atoms with Crippen molar-refractivity contribution in [1.29, 1.82) is 0 Å². The molecule has 1 aromatic heterocycles. The molecule has 1 heterocycles. The molecule has 1 fully saturated rings. The molecule has 2 unspecified atom stereocenters. The first kappa shape index (κ1) is 14.0. The minimum atomic E-state index is -0.310. The average molecular weight is 268 g/mol. The van der Waals surface area contributed by atoms with Crippen molar-refractivity contribution >= 4 is 5.91 Å². The lowest BCUT2D eigenvalue weighted by Crippen LogP contribution is -2.36. The highest BCUT2D eigenvalue weighted by Crippen LogP contribution is 2.23. The van der Waals surface area contributed by atoms with Gasteiger partial charge in [-0.25, -0.2) is 0 Å². The normalized spacial score (nSPS) is 23.3. The molecule has 2 atom stereocenters. The number of nitrogens with one attached hydrogen (secondary N) is 1. The Kier molecular flexibility index (Phi) is 4.93. The number of methoxy groups -OCH3 is 1. The van der Waals surface area contributed by atoms with Crippen LogP contribution in [0.2, 0.25) is 0 Å². The van der Waals surface area contributed by atoms with E-state index in [0.29, 0.717) is 18.9 Å². The third-order valence-electron chi connectivity index (χ3n) is 3.47. The van der Waals surface area contributed by atoms with E-state index < -0.39 is 0 Å². The van der Waals surface area contributed by atoms with Gasteiger partial charge in [-0.2, -0.15) is 0 Å². The maximum atomic E-state index is 11.9. The number of aliphatic hydroxyl groups is 1. The van der Waals surface area contributed by atoms with E-state index in [2.05, 4.69) is 10.5 Å². The van der Waals surface area contributed by atoms with Gasteiger partial charge in [0.25, 0.3) is 5.91 Å². The van der Waals surface area contributed by atoms with Crippen molar-refractivity contribution < 1.29 is 19.2 Å². The van der Waals surface area contributed by atoms with Gasteiger partial charge < -0.3 is 19.7 Å². The molecule has 1 amide bonds. The van der Waals surface area contributed by atoms with Crippen LogP contribution < -0.4 is 5.32 Å². The zero-order chi connectivity index (χ0) is 13.7. The fourth-order valence-corrected chi connectivity index (χ4v) is 2.37. The first-order valence-electron chi connectivity index (χ1n) is 6.61. The number of aliphatic hydroxyl groups excluding tert-OH is 1. The maximum Gasteiger partial charge on any atom is 0.273 e. The molecular weight excluding hydrogens is 248 g/mol. The largest absolute Gasteiger partial charge is 0.393 e. The highest BCUT2D eigenvalue weighted by atomic mass is 16.5. The highest BCUT2D eigenvalue weighted by Gasteiger charge is 2.24. The summed E-state index contributed by atoms with van der Waals surface area (Å²) in [5.74, 6) is 0.386. The lowest BCUT2D eigenvalue weighted by Gasteiger charge is -2.27. The van der Waals surface area contributed by atoms with Crippen LogP contribution in [0.3, 0.4) is 0 Å². The van der Waals surface area contributed by atoms with Crippen molar-refractivity contribution in [3.8, 4) is 0 Å². The van der Waals surface area contributed by atoms with Gasteiger partial charge in [0.1, 0.15) is 6.61 Å². The van der Waals surface area contributed by atoms with Crippen LogP contribution in [0.5, 0.6) is 0 Å².